The standard InChI is InChI=1S/C24H20BrN7.C24H21N7.C22H21BrN6O2.C19H21Br2N5O2.C18H21BrN6O2/c25-21-22(15-7-5-14(6-8-15)18-11-28-29-12-18)31-24-19(13-30-32(24)23(21)26)17-9-16-3-1-2-4-20(16)27-10-17;25-23-10-22(16-7-5-15(6-8-16)19-12-27-28-13-19)30-24-20(14-29-31(23)24)18-9-17-3-1-2-4-21(17)26-11-18;23-19-20(13-5-7-28(8-6-13)12-18(30)31)27-22-16(11-26-29(22)21(19)24)15-9-14-3-1-2-4-17(14)25-10-15;1-25-7-6-12(17(25)21)13-9-23-26-18(22)15(20)16(24-19(13)26)11-4-2-10(3-5-11)8-14(27)28;1-23-5-2-12(9-23)13-8-21-25-17(20)15(19)16(22-18(13)25)11-3-6-24(7-4-11)10-14(26)27/h1-4,7,9-14H,5-6,8,26H2,(H,28,29);1-4,7,9-15H,5-6,8,25H2,(H,27,28);1-4,9-11,13H,5-8,12,24H2,(H,30,31);6-7,9-11H,2-5,8,22H2,1H3,(H,27,28);2,5,8-9,11H,3-4,6-7,10,20H2,1H3,(H,26,27). The lowest BCUT2D eigenvalue weighted by molar-refractivity contribution is -0.139. The molecular formula is C107H104Br5N31O6. The Morgan fingerprint density at radius 3 is 1.20 bits per heavy atom. The van der Waals surface area contributed by atoms with E-state index in [0.717, 1.165) is 278 Å². The number of para-hydroxylation sites is 3. The number of carboxylic acids is 3. The minimum atomic E-state index is -0.795. The van der Waals surface area contributed by atoms with Gasteiger partial charge >= 0.3 is 17.9 Å². The highest BCUT2D eigenvalue weighted by Crippen LogP contribution is 2.47. The van der Waals surface area contributed by atoms with Gasteiger partial charge in [-0.1, -0.05) is 66.7 Å². The van der Waals surface area contributed by atoms with E-state index in [0.29, 0.717) is 46.6 Å². The number of piperidine rings is 2. The van der Waals surface area contributed by atoms with Crippen molar-refractivity contribution in [3.8, 4) is 55.6 Å². The molecule has 42 heteroatoms. The second-order valence-electron chi connectivity index (χ2n) is 38.4. The van der Waals surface area contributed by atoms with Crippen molar-refractivity contribution >= 4 is 199 Å². The third-order valence-corrected chi connectivity index (χ3v) is 33.2. The molecule has 3 aromatic carbocycles. The quantitative estimate of drug-likeness (QED) is 0.0381. The molecule has 3 aliphatic carbocycles. The fourth-order valence-electron chi connectivity index (χ4n) is 20.9. The second kappa shape index (κ2) is 43.2. The van der Waals surface area contributed by atoms with Crippen LogP contribution in [0, 0.1) is 5.92 Å². The molecule has 2 saturated heterocycles. The maximum Gasteiger partial charge on any atom is 0.317 e. The third kappa shape index (κ3) is 20.8. The van der Waals surface area contributed by atoms with Crippen LogP contribution in [0.3, 0.4) is 0 Å². The molecule has 0 spiro atoms. The van der Waals surface area contributed by atoms with E-state index < -0.39 is 17.9 Å². The molecule has 2 aliphatic heterocycles. The maximum absolute atomic E-state index is 11.0. The summed E-state index contributed by atoms with van der Waals surface area (Å²) < 4.78 is 16.4. The molecule has 758 valence electrons. The van der Waals surface area contributed by atoms with Crippen LogP contribution in [0.25, 0.3) is 128 Å². The van der Waals surface area contributed by atoms with Crippen LogP contribution < -0.4 is 28.7 Å². The van der Waals surface area contributed by atoms with E-state index in [2.05, 4.69) is 183 Å². The number of carbonyl (C=O) groups is 3. The fraction of sp³-hybridized carbons (Fsp3) is 0.271. The average Bonchev–Trinajstić information content (AvgIpc) is 1.63. The molecule has 1 saturated carbocycles. The van der Waals surface area contributed by atoms with E-state index in [1.54, 1.807) is 41.2 Å². The van der Waals surface area contributed by atoms with Crippen LogP contribution >= 0.6 is 79.6 Å². The van der Waals surface area contributed by atoms with Crippen LogP contribution in [-0.2, 0) is 28.5 Å². The molecule has 0 bridgehead atoms. The van der Waals surface area contributed by atoms with Gasteiger partial charge in [-0.3, -0.25) is 49.3 Å². The smallest absolute Gasteiger partial charge is 0.317 e. The summed E-state index contributed by atoms with van der Waals surface area (Å²) in [6, 6.07) is 36.4. The number of aromatic nitrogens is 24. The van der Waals surface area contributed by atoms with Crippen molar-refractivity contribution in [1.82, 2.24) is 127 Å². The van der Waals surface area contributed by atoms with E-state index in [4.69, 9.17) is 68.9 Å². The van der Waals surface area contributed by atoms with Gasteiger partial charge in [0.1, 0.15) is 29.1 Å². The van der Waals surface area contributed by atoms with Crippen LogP contribution in [0.1, 0.15) is 165 Å². The number of benzene rings is 3. The van der Waals surface area contributed by atoms with Gasteiger partial charge in [0.25, 0.3) is 0 Å². The summed E-state index contributed by atoms with van der Waals surface area (Å²) in [6.45, 7) is 3.07. The average molecular weight is 2320 g/mol. The van der Waals surface area contributed by atoms with Crippen LogP contribution in [-0.4, -0.2) is 200 Å². The van der Waals surface area contributed by atoms with Crippen LogP contribution in [0.4, 0.5) is 29.1 Å². The first-order valence-electron chi connectivity index (χ1n) is 49.2. The third-order valence-electron chi connectivity index (χ3n) is 29.0. The summed E-state index contributed by atoms with van der Waals surface area (Å²) in [5, 5.41) is 66.6. The summed E-state index contributed by atoms with van der Waals surface area (Å²) >= 11 is 18.1. The Morgan fingerprint density at radius 2 is 0.799 bits per heavy atom. The minimum Gasteiger partial charge on any atom is -0.481 e. The highest BCUT2D eigenvalue weighted by molar-refractivity contribution is 9.11. The zero-order valence-electron chi connectivity index (χ0n) is 81.1. The van der Waals surface area contributed by atoms with Gasteiger partial charge in [0.05, 0.1) is 124 Å². The number of rotatable bonds is 18. The van der Waals surface area contributed by atoms with E-state index in [-0.39, 0.29) is 43.2 Å². The van der Waals surface area contributed by atoms with Crippen molar-refractivity contribution in [2.45, 2.75) is 126 Å². The summed E-state index contributed by atoms with van der Waals surface area (Å²) in [6.07, 6.45) is 46.1. The highest BCUT2D eigenvalue weighted by atomic mass is 79.9. The fourth-order valence-corrected chi connectivity index (χ4v) is 23.6. The summed E-state index contributed by atoms with van der Waals surface area (Å²) in [5.74, 6) is 2.31. The first kappa shape index (κ1) is 100. The number of hydrogen-bond donors (Lipinski definition) is 10. The Kier molecular flexibility index (Phi) is 29.0. The van der Waals surface area contributed by atoms with E-state index >= 15 is 0 Å². The monoisotopic (exact) mass is 2310 g/mol. The normalized spacial score (nSPS) is 17.0. The number of fused-ring (bicyclic) bond motifs is 8. The largest absolute Gasteiger partial charge is 0.481 e. The first-order chi connectivity index (χ1) is 72.3. The molecule has 5 aliphatic rings. The topological polar surface area (TPSA) is 505 Å². The Morgan fingerprint density at radius 1 is 0.396 bits per heavy atom. The number of pyridine rings is 3. The van der Waals surface area contributed by atoms with E-state index in [1.807, 2.05) is 186 Å². The zero-order valence-corrected chi connectivity index (χ0v) is 89.0. The number of anilines is 5. The molecule has 2 unspecified atom stereocenters. The molecule has 25 rings (SSSR count). The van der Waals surface area contributed by atoms with Gasteiger partial charge in [-0.25, -0.2) is 24.9 Å². The number of nitrogen functional groups attached to an aromatic ring is 5. The van der Waals surface area contributed by atoms with Crippen molar-refractivity contribution in [3.05, 3.63) is 276 Å². The van der Waals surface area contributed by atoms with Gasteiger partial charge in [-0.05, 0) is 284 Å². The van der Waals surface area contributed by atoms with Gasteiger partial charge in [0.2, 0.25) is 0 Å². The highest BCUT2D eigenvalue weighted by Gasteiger charge is 2.34. The molecule has 17 aromatic heterocycles. The van der Waals surface area contributed by atoms with E-state index in [9.17, 15) is 14.4 Å². The van der Waals surface area contributed by atoms with Crippen molar-refractivity contribution in [2.24, 2.45) is 20.0 Å². The maximum atomic E-state index is 11.0. The Labute approximate surface area is 894 Å². The summed E-state index contributed by atoms with van der Waals surface area (Å²) in [4.78, 5) is 75.4. The number of H-pyrrole nitrogens is 2. The number of nitrogens with two attached hydrogens (primary N) is 5. The molecule has 0 amide bonds. The van der Waals surface area contributed by atoms with Crippen molar-refractivity contribution < 1.29 is 29.7 Å². The van der Waals surface area contributed by atoms with Crippen molar-refractivity contribution in [2.75, 3.05) is 67.9 Å². The zero-order chi connectivity index (χ0) is 103. The predicted molar refractivity (Wildman–Crippen MR) is 592 cm³/mol. The van der Waals surface area contributed by atoms with E-state index in [1.165, 1.54) is 22.3 Å². The number of allylic oxidation sites excluding steroid dienone is 4. The predicted octanol–water partition coefficient (Wildman–Crippen LogP) is 20.5. The summed E-state index contributed by atoms with van der Waals surface area (Å²) in [5.41, 5.74) is 57.5. The minimum absolute atomic E-state index is 0.0736. The summed E-state index contributed by atoms with van der Waals surface area (Å²) in [7, 11) is 3.95. The number of aliphatic carboxylic acids is 3. The number of nitrogens with one attached hydrogen (secondary N) is 2. The number of aromatic amines is 2. The lowest BCUT2D eigenvalue weighted by Crippen LogP contribution is -2.37. The number of carboxylic acid groups (broad SMARTS) is 3. The molecule has 149 heavy (non-hydrogen) atoms. The number of nitrogens with zero attached hydrogens (tertiary/aromatic N) is 24. The molecule has 19 heterocycles. The van der Waals surface area contributed by atoms with Gasteiger partial charge in [-0.2, -0.15) is 58.3 Å². The Balaban J connectivity index is 0.000000109. The van der Waals surface area contributed by atoms with Crippen LogP contribution in [0.15, 0.2) is 237 Å². The molecule has 0 radical (unpaired) electrons. The Bertz CT molecular complexity index is 8530. The van der Waals surface area contributed by atoms with Crippen molar-refractivity contribution in [3.63, 3.8) is 0 Å². The second-order valence-corrected chi connectivity index (χ2v) is 42.3. The van der Waals surface area contributed by atoms with Crippen molar-refractivity contribution in [1.29, 1.82) is 0 Å². The number of hydrogen-bond acceptors (Lipinski definition) is 25. The first-order valence-corrected chi connectivity index (χ1v) is 53.1. The number of likely N-dealkylation sites (tertiary alicyclic amines) is 2. The number of aryl methyl sites for hydroxylation is 2. The van der Waals surface area contributed by atoms with Gasteiger partial charge in [0, 0.05) is 166 Å². The molecule has 3 fully saturated rings. The molecule has 20 aromatic rings. The number of halogens is 5. The van der Waals surface area contributed by atoms with Crippen LogP contribution in [0.2, 0.25) is 0 Å². The molecular weight excluding hydrogens is 2210 g/mol. The SMILES string of the molecule is Cn1ccc(-c2cnn3c(N)c(Br)c(C4CCC(CC(=O)O)CC4)nc23)c1Br.Cn1ccc(-c2cnn3c(N)c(Br)c(C4CCN(CC(=O)O)CC4)nc23)c1.Nc1c(Br)c(C2=CCC(c3cn[nH]c3)CC2)nc2c(-c3cnc4ccccc4c3)cnn12.Nc1c(Br)c(C2CCN(CC(=O)O)CC2)nc2c(-c3cnc4ccccc4c3)cnn12.Nc1cc(C2=CCC(c3cn[nH]c3)CC2)nc2c(-c3cnc4ccccc4c3)cnn12. The van der Waals surface area contributed by atoms with Gasteiger partial charge < -0.3 is 53.1 Å². The lowest BCUT2D eigenvalue weighted by Gasteiger charge is -2.31. The lowest BCUT2D eigenvalue weighted by atomic mass is 9.79. The van der Waals surface area contributed by atoms with Gasteiger partial charge in [0.15, 0.2) is 28.2 Å². The van der Waals surface area contributed by atoms with Gasteiger partial charge in [-0.15, -0.1) is 0 Å². The molecule has 15 N–H and O–H groups in total. The molecule has 37 nitrogen and oxygen atoms in total. The molecule has 2 atom stereocenters. The Hall–Kier alpha value is -14.8. The van der Waals surface area contributed by atoms with Crippen LogP contribution in [0.5, 0.6) is 0 Å².